The number of ether oxygens (including phenoxy) is 1. The largest absolute Gasteiger partial charge is 0.454 e. The number of halogens is 4. The molecule has 0 bridgehead atoms. The Hall–Kier alpha value is -0.980. The molecule has 106 valence electrons. The van der Waals surface area contributed by atoms with Crippen molar-refractivity contribution in [3.05, 3.63) is 56.5 Å². The smallest absolute Gasteiger partial charge is 0.201 e. The van der Waals surface area contributed by atoms with Crippen molar-refractivity contribution in [1.82, 2.24) is 0 Å². The Morgan fingerprint density at radius 3 is 2.40 bits per heavy atom. The molecule has 2 nitrogen and oxygen atoms in total. The van der Waals surface area contributed by atoms with Crippen LogP contribution >= 0.6 is 31.9 Å². The van der Waals surface area contributed by atoms with Crippen LogP contribution in [0.2, 0.25) is 0 Å². The van der Waals surface area contributed by atoms with Crippen molar-refractivity contribution in [2.75, 3.05) is 0 Å². The molecule has 2 aromatic carbocycles. The van der Waals surface area contributed by atoms with E-state index in [4.69, 9.17) is 10.5 Å². The second kappa shape index (κ2) is 6.20. The zero-order valence-electron chi connectivity index (χ0n) is 10.5. The summed E-state index contributed by atoms with van der Waals surface area (Å²) in [4.78, 5) is 0. The highest BCUT2D eigenvalue weighted by Crippen LogP contribution is 2.34. The highest BCUT2D eigenvalue weighted by atomic mass is 79.9. The standard InChI is InChI=1S/C14H11Br2F2NO/c1-7(19)10-4-8(15)2-3-12(10)20-13-6-9(16)5-11(17)14(13)18/h2-7H,19H2,1H3. The molecule has 0 spiro atoms. The van der Waals surface area contributed by atoms with Crippen molar-refractivity contribution in [2.45, 2.75) is 13.0 Å². The summed E-state index contributed by atoms with van der Waals surface area (Å²) in [6, 6.07) is 7.28. The monoisotopic (exact) mass is 405 g/mol. The number of hydrogen-bond donors (Lipinski definition) is 1. The Balaban J connectivity index is 2.45. The van der Waals surface area contributed by atoms with Crippen LogP contribution in [0.25, 0.3) is 0 Å². The maximum atomic E-state index is 13.7. The van der Waals surface area contributed by atoms with E-state index in [-0.39, 0.29) is 11.8 Å². The minimum atomic E-state index is -1.04. The molecular weight excluding hydrogens is 396 g/mol. The van der Waals surface area contributed by atoms with Crippen molar-refractivity contribution < 1.29 is 13.5 Å². The van der Waals surface area contributed by atoms with Gasteiger partial charge in [-0.05, 0) is 37.3 Å². The van der Waals surface area contributed by atoms with Crippen LogP contribution in [0.1, 0.15) is 18.5 Å². The molecule has 1 unspecified atom stereocenters. The van der Waals surface area contributed by atoms with Gasteiger partial charge in [-0.25, -0.2) is 4.39 Å². The Kier molecular flexibility index (Phi) is 4.78. The summed E-state index contributed by atoms with van der Waals surface area (Å²) in [5.74, 6) is -1.82. The zero-order chi connectivity index (χ0) is 14.9. The van der Waals surface area contributed by atoms with Crippen LogP contribution in [0.5, 0.6) is 11.5 Å². The van der Waals surface area contributed by atoms with Gasteiger partial charge in [0, 0.05) is 20.6 Å². The van der Waals surface area contributed by atoms with Crippen LogP contribution < -0.4 is 10.5 Å². The lowest BCUT2D eigenvalue weighted by Crippen LogP contribution is -2.07. The molecule has 2 aromatic rings. The van der Waals surface area contributed by atoms with Crippen LogP contribution in [0, 0.1) is 11.6 Å². The Bertz CT molecular complexity index is 647. The fourth-order valence-corrected chi connectivity index (χ4v) is 2.48. The van der Waals surface area contributed by atoms with Gasteiger partial charge in [0.25, 0.3) is 0 Å². The van der Waals surface area contributed by atoms with E-state index in [0.717, 1.165) is 10.5 Å². The summed E-state index contributed by atoms with van der Waals surface area (Å²) in [7, 11) is 0. The first-order valence-corrected chi connectivity index (χ1v) is 7.34. The van der Waals surface area contributed by atoms with Gasteiger partial charge in [0.1, 0.15) is 5.75 Å². The third kappa shape index (κ3) is 3.37. The minimum absolute atomic E-state index is 0.193. The first kappa shape index (κ1) is 15.4. The maximum Gasteiger partial charge on any atom is 0.201 e. The van der Waals surface area contributed by atoms with Gasteiger partial charge in [-0.15, -0.1) is 0 Å². The van der Waals surface area contributed by atoms with Gasteiger partial charge >= 0.3 is 0 Å². The summed E-state index contributed by atoms with van der Waals surface area (Å²) in [5.41, 5.74) is 6.55. The van der Waals surface area contributed by atoms with Crippen LogP contribution in [-0.4, -0.2) is 0 Å². The molecule has 0 aromatic heterocycles. The van der Waals surface area contributed by atoms with Gasteiger partial charge in [-0.2, -0.15) is 4.39 Å². The number of hydrogen-bond acceptors (Lipinski definition) is 2. The SMILES string of the molecule is CC(N)c1cc(Br)ccc1Oc1cc(Br)cc(F)c1F. The van der Waals surface area contributed by atoms with Crippen LogP contribution in [0.3, 0.4) is 0 Å². The van der Waals surface area contributed by atoms with Crippen molar-refractivity contribution in [1.29, 1.82) is 0 Å². The minimum Gasteiger partial charge on any atom is -0.454 e. The fourth-order valence-electron chi connectivity index (χ4n) is 1.69. The van der Waals surface area contributed by atoms with Gasteiger partial charge < -0.3 is 10.5 Å². The molecule has 0 aliphatic rings. The predicted molar refractivity (Wildman–Crippen MR) is 80.9 cm³/mol. The van der Waals surface area contributed by atoms with E-state index < -0.39 is 11.6 Å². The van der Waals surface area contributed by atoms with Gasteiger partial charge in [-0.3, -0.25) is 0 Å². The topological polar surface area (TPSA) is 35.2 Å². The second-order valence-corrected chi connectivity index (χ2v) is 6.10. The molecule has 0 fully saturated rings. The Morgan fingerprint density at radius 1 is 1.05 bits per heavy atom. The maximum absolute atomic E-state index is 13.7. The molecular formula is C14H11Br2F2NO. The first-order chi connectivity index (χ1) is 9.38. The molecule has 2 rings (SSSR count). The molecule has 0 saturated carbocycles. The normalized spacial score (nSPS) is 12.3. The predicted octanol–water partition coefficient (Wildman–Crippen LogP) is 5.30. The van der Waals surface area contributed by atoms with E-state index in [1.165, 1.54) is 6.07 Å². The van der Waals surface area contributed by atoms with Crippen LogP contribution in [-0.2, 0) is 0 Å². The van der Waals surface area contributed by atoms with E-state index in [9.17, 15) is 8.78 Å². The fraction of sp³-hybridized carbons (Fsp3) is 0.143. The van der Waals surface area contributed by atoms with Crippen molar-refractivity contribution in [2.24, 2.45) is 5.73 Å². The summed E-state index contributed by atoms with van der Waals surface area (Å²) in [6.45, 7) is 1.78. The lowest BCUT2D eigenvalue weighted by molar-refractivity contribution is 0.410. The molecule has 0 amide bonds. The van der Waals surface area contributed by atoms with Crippen LogP contribution in [0.4, 0.5) is 8.78 Å². The third-order valence-electron chi connectivity index (χ3n) is 2.64. The molecule has 0 radical (unpaired) electrons. The van der Waals surface area contributed by atoms with E-state index >= 15 is 0 Å². The van der Waals surface area contributed by atoms with E-state index in [1.54, 1.807) is 25.1 Å². The average Bonchev–Trinajstić information content (AvgIpc) is 2.37. The molecule has 1 atom stereocenters. The lowest BCUT2D eigenvalue weighted by Gasteiger charge is -2.15. The average molecular weight is 407 g/mol. The molecule has 6 heteroatoms. The lowest BCUT2D eigenvalue weighted by atomic mass is 10.1. The van der Waals surface area contributed by atoms with E-state index in [2.05, 4.69) is 31.9 Å². The highest BCUT2D eigenvalue weighted by Gasteiger charge is 2.15. The summed E-state index contributed by atoms with van der Waals surface area (Å²) < 4.78 is 33.8. The molecule has 0 saturated heterocycles. The summed E-state index contributed by atoms with van der Waals surface area (Å²) >= 11 is 6.44. The number of rotatable bonds is 3. The van der Waals surface area contributed by atoms with Crippen molar-refractivity contribution in [3.8, 4) is 11.5 Å². The Morgan fingerprint density at radius 2 is 1.75 bits per heavy atom. The van der Waals surface area contributed by atoms with Gasteiger partial charge in [0.2, 0.25) is 5.82 Å². The quantitative estimate of drug-likeness (QED) is 0.701. The van der Waals surface area contributed by atoms with Gasteiger partial charge in [0.05, 0.1) is 0 Å². The zero-order valence-corrected chi connectivity index (χ0v) is 13.6. The third-order valence-corrected chi connectivity index (χ3v) is 3.59. The molecule has 2 N–H and O–H groups in total. The highest BCUT2D eigenvalue weighted by molar-refractivity contribution is 9.10. The Labute approximate surface area is 132 Å². The molecule has 0 aliphatic carbocycles. The first-order valence-electron chi connectivity index (χ1n) is 5.76. The molecule has 20 heavy (non-hydrogen) atoms. The van der Waals surface area contributed by atoms with Crippen LogP contribution in [0.15, 0.2) is 39.3 Å². The number of nitrogens with two attached hydrogens (primary N) is 1. The van der Waals surface area contributed by atoms with Crippen molar-refractivity contribution in [3.63, 3.8) is 0 Å². The summed E-state index contributed by atoms with van der Waals surface area (Å²) in [6.07, 6.45) is 0. The van der Waals surface area contributed by atoms with E-state index in [0.29, 0.717) is 15.8 Å². The molecule has 0 aliphatic heterocycles. The summed E-state index contributed by atoms with van der Waals surface area (Å²) in [5, 5.41) is 0. The van der Waals surface area contributed by atoms with Gasteiger partial charge in [0.15, 0.2) is 11.6 Å². The second-order valence-electron chi connectivity index (χ2n) is 4.27. The van der Waals surface area contributed by atoms with Crippen molar-refractivity contribution >= 4 is 31.9 Å². The molecule has 0 heterocycles. The van der Waals surface area contributed by atoms with E-state index in [1.807, 2.05) is 0 Å². The van der Waals surface area contributed by atoms with Gasteiger partial charge in [-0.1, -0.05) is 31.9 Å². The number of benzene rings is 2.